The molecule has 1 aliphatic carbocycles. The zero-order valence-corrected chi connectivity index (χ0v) is 8.59. The van der Waals surface area contributed by atoms with Gasteiger partial charge < -0.3 is 4.74 Å². The summed E-state index contributed by atoms with van der Waals surface area (Å²) < 4.78 is 5.86. The van der Waals surface area contributed by atoms with E-state index >= 15 is 0 Å². The largest absolute Gasteiger partial charge is 0.367 e. The van der Waals surface area contributed by atoms with Crippen molar-refractivity contribution in [1.29, 1.82) is 0 Å². The molecule has 0 amide bonds. The van der Waals surface area contributed by atoms with Crippen molar-refractivity contribution < 1.29 is 4.74 Å². The summed E-state index contributed by atoms with van der Waals surface area (Å²) in [4.78, 5) is 0. The molecule has 0 radical (unpaired) electrons. The van der Waals surface area contributed by atoms with Gasteiger partial charge in [-0.1, -0.05) is 37.5 Å². The predicted octanol–water partition coefficient (Wildman–Crippen LogP) is 3.47. The third-order valence-corrected chi connectivity index (χ3v) is 2.66. The first-order chi connectivity index (χ1) is 6.33. The van der Waals surface area contributed by atoms with Crippen molar-refractivity contribution in [3.05, 3.63) is 24.8 Å². The van der Waals surface area contributed by atoms with E-state index in [0.717, 1.165) is 0 Å². The summed E-state index contributed by atoms with van der Waals surface area (Å²) in [5.41, 5.74) is 0.0290. The van der Waals surface area contributed by atoms with E-state index < -0.39 is 0 Å². The molecule has 1 saturated carbocycles. The van der Waals surface area contributed by atoms with E-state index in [0.29, 0.717) is 6.61 Å². The van der Waals surface area contributed by atoms with Gasteiger partial charge >= 0.3 is 0 Å². The van der Waals surface area contributed by atoms with Crippen LogP contribution < -0.4 is 0 Å². The van der Waals surface area contributed by atoms with E-state index in [9.17, 15) is 0 Å². The Balaban J connectivity index is 2.55. The van der Waals surface area contributed by atoms with Crippen LogP contribution in [0.4, 0.5) is 0 Å². The molecule has 0 aromatic carbocycles. The lowest BCUT2D eigenvalue weighted by atomic mass is 9.84. The van der Waals surface area contributed by atoms with E-state index in [-0.39, 0.29) is 5.60 Å². The molecule has 0 saturated heterocycles. The maximum absolute atomic E-state index is 5.86. The van der Waals surface area contributed by atoms with Crippen LogP contribution in [0, 0.1) is 0 Å². The Morgan fingerprint density at radius 2 is 2.00 bits per heavy atom. The lowest BCUT2D eigenvalue weighted by molar-refractivity contribution is -0.0187. The monoisotopic (exact) mass is 180 g/mol. The summed E-state index contributed by atoms with van der Waals surface area (Å²) in [6.45, 7) is 6.42. The Labute approximate surface area is 81.5 Å². The summed E-state index contributed by atoms with van der Waals surface area (Å²) in [6, 6.07) is 0. The summed E-state index contributed by atoms with van der Waals surface area (Å²) in [5.74, 6) is 0. The first-order valence-electron chi connectivity index (χ1n) is 5.22. The summed E-state index contributed by atoms with van der Waals surface area (Å²) in [5, 5.41) is 0. The molecule has 1 rings (SSSR count). The zero-order chi connectivity index (χ0) is 9.57. The Kier molecular flexibility index (Phi) is 4.23. The maximum Gasteiger partial charge on any atom is 0.0866 e. The van der Waals surface area contributed by atoms with Gasteiger partial charge in [-0.05, 0) is 19.8 Å². The summed E-state index contributed by atoms with van der Waals surface area (Å²) in [7, 11) is 0. The van der Waals surface area contributed by atoms with Crippen molar-refractivity contribution in [3.8, 4) is 0 Å². The highest BCUT2D eigenvalue weighted by molar-refractivity contribution is 5.03. The third-order valence-electron chi connectivity index (χ3n) is 2.66. The molecule has 0 aromatic heterocycles. The topological polar surface area (TPSA) is 9.23 Å². The Bertz CT molecular complexity index is 176. The number of hydrogen-bond acceptors (Lipinski definition) is 1. The van der Waals surface area contributed by atoms with Crippen molar-refractivity contribution in [3.63, 3.8) is 0 Å². The molecule has 0 bridgehead atoms. The van der Waals surface area contributed by atoms with Crippen molar-refractivity contribution >= 4 is 0 Å². The fraction of sp³-hybridized carbons (Fsp3) is 0.667. The average molecular weight is 180 g/mol. The van der Waals surface area contributed by atoms with E-state index in [1.165, 1.54) is 32.1 Å². The van der Waals surface area contributed by atoms with E-state index in [1.54, 1.807) is 0 Å². The minimum absolute atomic E-state index is 0.0290. The maximum atomic E-state index is 5.86. The minimum atomic E-state index is 0.0290. The summed E-state index contributed by atoms with van der Waals surface area (Å²) in [6.07, 6.45) is 12.4. The van der Waals surface area contributed by atoms with Crippen molar-refractivity contribution in [1.82, 2.24) is 0 Å². The number of rotatable bonds is 4. The molecule has 74 valence electrons. The standard InChI is InChI=1S/C12H20O/c1-3-8-12(13-11-4-2)9-6-5-7-10-12/h3-4,8H,2,5-7,9-11H2,1H3. The smallest absolute Gasteiger partial charge is 0.0866 e. The Hall–Kier alpha value is -0.560. The van der Waals surface area contributed by atoms with Gasteiger partial charge in [-0.2, -0.15) is 0 Å². The molecule has 0 atom stereocenters. The summed E-state index contributed by atoms with van der Waals surface area (Å²) >= 11 is 0. The molecule has 1 aliphatic rings. The van der Waals surface area contributed by atoms with Crippen LogP contribution in [0.2, 0.25) is 0 Å². The predicted molar refractivity (Wildman–Crippen MR) is 56.8 cm³/mol. The SMILES string of the molecule is C=CCOC1(C=CC)CCCCC1. The lowest BCUT2D eigenvalue weighted by Crippen LogP contribution is -2.32. The molecule has 1 nitrogen and oxygen atoms in total. The van der Waals surface area contributed by atoms with Gasteiger partial charge in [0.15, 0.2) is 0 Å². The van der Waals surface area contributed by atoms with Gasteiger partial charge in [-0.3, -0.25) is 0 Å². The van der Waals surface area contributed by atoms with Gasteiger partial charge in [0, 0.05) is 0 Å². The number of hydrogen-bond donors (Lipinski definition) is 0. The number of allylic oxidation sites excluding steroid dienone is 1. The van der Waals surface area contributed by atoms with Crippen molar-refractivity contribution in [2.75, 3.05) is 6.61 Å². The third kappa shape index (κ3) is 3.00. The molecular weight excluding hydrogens is 160 g/mol. The fourth-order valence-electron chi connectivity index (χ4n) is 2.04. The van der Waals surface area contributed by atoms with Gasteiger partial charge in [0.1, 0.15) is 0 Å². The van der Waals surface area contributed by atoms with Crippen LogP contribution >= 0.6 is 0 Å². The van der Waals surface area contributed by atoms with Gasteiger partial charge in [0.25, 0.3) is 0 Å². The van der Waals surface area contributed by atoms with Gasteiger partial charge in [0.2, 0.25) is 0 Å². The molecule has 1 heteroatoms. The van der Waals surface area contributed by atoms with Crippen molar-refractivity contribution in [2.45, 2.75) is 44.6 Å². The molecule has 13 heavy (non-hydrogen) atoms. The van der Waals surface area contributed by atoms with Crippen LogP contribution in [0.1, 0.15) is 39.0 Å². The van der Waals surface area contributed by atoms with Crippen LogP contribution in [0.15, 0.2) is 24.8 Å². The fourth-order valence-corrected chi connectivity index (χ4v) is 2.04. The average Bonchev–Trinajstić information content (AvgIpc) is 2.17. The lowest BCUT2D eigenvalue weighted by Gasteiger charge is -2.34. The second-order valence-electron chi connectivity index (χ2n) is 3.73. The van der Waals surface area contributed by atoms with E-state index in [4.69, 9.17) is 4.74 Å². The van der Waals surface area contributed by atoms with Gasteiger partial charge in [-0.15, -0.1) is 6.58 Å². The number of ether oxygens (including phenoxy) is 1. The van der Waals surface area contributed by atoms with Crippen molar-refractivity contribution in [2.24, 2.45) is 0 Å². The van der Waals surface area contributed by atoms with E-state index in [2.05, 4.69) is 25.7 Å². The normalized spacial score (nSPS) is 21.9. The second-order valence-corrected chi connectivity index (χ2v) is 3.73. The highest BCUT2D eigenvalue weighted by Crippen LogP contribution is 2.32. The van der Waals surface area contributed by atoms with E-state index in [1.807, 2.05) is 6.08 Å². The molecule has 0 heterocycles. The van der Waals surface area contributed by atoms with Gasteiger partial charge in [0.05, 0.1) is 12.2 Å². The first kappa shape index (κ1) is 10.5. The van der Waals surface area contributed by atoms with Crippen LogP contribution in [0.25, 0.3) is 0 Å². The molecular formula is C12H20O. The Morgan fingerprint density at radius 3 is 2.54 bits per heavy atom. The quantitative estimate of drug-likeness (QED) is 0.602. The molecule has 0 aromatic rings. The molecule has 0 spiro atoms. The Morgan fingerprint density at radius 1 is 1.31 bits per heavy atom. The minimum Gasteiger partial charge on any atom is -0.367 e. The second kappa shape index (κ2) is 5.23. The highest BCUT2D eigenvalue weighted by atomic mass is 16.5. The van der Waals surface area contributed by atoms with Crippen LogP contribution in [-0.4, -0.2) is 12.2 Å². The van der Waals surface area contributed by atoms with Crippen LogP contribution in [-0.2, 0) is 4.74 Å². The van der Waals surface area contributed by atoms with Crippen LogP contribution in [0.3, 0.4) is 0 Å². The molecule has 1 fully saturated rings. The van der Waals surface area contributed by atoms with Gasteiger partial charge in [-0.25, -0.2) is 0 Å². The molecule has 0 unspecified atom stereocenters. The van der Waals surface area contributed by atoms with Crippen LogP contribution in [0.5, 0.6) is 0 Å². The first-order valence-corrected chi connectivity index (χ1v) is 5.22. The molecule has 0 aliphatic heterocycles. The molecule has 0 N–H and O–H groups in total. The highest BCUT2D eigenvalue weighted by Gasteiger charge is 2.29. The zero-order valence-electron chi connectivity index (χ0n) is 8.59.